The summed E-state index contributed by atoms with van der Waals surface area (Å²) in [7, 11) is 0. The number of nitrogens with zero attached hydrogens (tertiary/aromatic N) is 5. The monoisotopic (exact) mass is 517 g/mol. The zero-order chi connectivity index (χ0) is 25.1. The average molecular weight is 518 g/mol. The van der Waals surface area contributed by atoms with Crippen molar-refractivity contribution in [2.45, 2.75) is 19.8 Å². The number of anilines is 1. The van der Waals surface area contributed by atoms with Gasteiger partial charge < -0.3 is 15.1 Å². The minimum atomic E-state index is -0.930. The number of carboxylic acids is 1. The van der Waals surface area contributed by atoms with Crippen LogP contribution in [-0.2, 0) is 9.59 Å². The van der Waals surface area contributed by atoms with Crippen molar-refractivity contribution in [3.05, 3.63) is 44.7 Å². The highest BCUT2D eigenvalue weighted by Gasteiger charge is 2.33. The fraction of sp³-hybridized carbons (Fsp3) is 0.435. The standard InChI is InChI=1S/C23H27N5O5S2/c1-15-4-5-18-24-20(26-9-7-25(8-10-26)11-12-29)16(21(32)28(18)14-15)13-17-22(33)27(23(34)35-17)6-2-3-19(30)31/h4-5,13-14,29H,2-3,6-12H2,1H3,(H,30,31)/b17-13+. The molecule has 1 amide bonds. The molecule has 0 saturated carbocycles. The molecule has 0 bridgehead atoms. The number of amides is 1. The van der Waals surface area contributed by atoms with Crippen LogP contribution in [0.5, 0.6) is 0 Å². The number of hydrogen-bond acceptors (Lipinski definition) is 9. The topological polar surface area (TPSA) is 119 Å². The van der Waals surface area contributed by atoms with Crippen molar-refractivity contribution in [3.63, 3.8) is 0 Å². The second-order valence-electron chi connectivity index (χ2n) is 8.47. The van der Waals surface area contributed by atoms with Crippen LogP contribution in [0.4, 0.5) is 5.82 Å². The number of aliphatic hydroxyl groups is 1. The van der Waals surface area contributed by atoms with Crippen LogP contribution in [0.2, 0.25) is 0 Å². The summed E-state index contributed by atoms with van der Waals surface area (Å²) in [6.07, 6.45) is 3.52. The first-order chi connectivity index (χ1) is 16.8. The van der Waals surface area contributed by atoms with Gasteiger partial charge in [-0.25, -0.2) is 4.98 Å². The molecule has 35 heavy (non-hydrogen) atoms. The predicted octanol–water partition coefficient (Wildman–Crippen LogP) is 1.18. The van der Waals surface area contributed by atoms with Gasteiger partial charge in [-0.1, -0.05) is 30.0 Å². The smallest absolute Gasteiger partial charge is 0.303 e. The van der Waals surface area contributed by atoms with Gasteiger partial charge >= 0.3 is 5.97 Å². The Balaban J connectivity index is 1.71. The number of aliphatic carboxylic acids is 1. The Morgan fingerprint density at radius 1 is 1.20 bits per heavy atom. The summed E-state index contributed by atoms with van der Waals surface area (Å²) in [6, 6.07) is 3.70. The Bertz CT molecular complexity index is 1250. The Hall–Kier alpha value is -2.80. The predicted molar refractivity (Wildman–Crippen MR) is 139 cm³/mol. The molecule has 4 heterocycles. The van der Waals surface area contributed by atoms with Gasteiger partial charge in [-0.15, -0.1) is 0 Å². The van der Waals surface area contributed by atoms with Gasteiger partial charge in [0.2, 0.25) is 0 Å². The van der Waals surface area contributed by atoms with Crippen LogP contribution in [0.3, 0.4) is 0 Å². The number of hydrogen-bond donors (Lipinski definition) is 2. The third-order valence-electron chi connectivity index (χ3n) is 5.99. The van der Waals surface area contributed by atoms with E-state index in [1.54, 1.807) is 18.3 Å². The number of β-amino-alcohol motifs (C(OH)–C–C–N with tert-alkyl or cyclic N) is 1. The number of aromatic nitrogens is 2. The number of aliphatic hydroxyl groups excluding tert-OH is 1. The summed E-state index contributed by atoms with van der Waals surface area (Å²) in [5, 5.41) is 18.1. The maximum absolute atomic E-state index is 13.6. The third kappa shape index (κ3) is 5.56. The van der Waals surface area contributed by atoms with Gasteiger partial charge in [0.25, 0.3) is 11.5 Å². The number of carboxylic acid groups (broad SMARTS) is 1. The van der Waals surface area contributed by atoms with Crippen LogP contribution in [0.15, 0.2) is 28.0 Å². The molecule has 0 unspecified atom stereocenters. The molecule has 0 atom stereocenters. The Labute approximate surface area is 211 Å². The molecule has 0 radical (unpaired) electrons. The minimum absolute atomic E-state index is 0.0577. The lowest BCUT2D eigenvalue weighted by molar-refractivity contribution is -0.137. The Morgan fingerprint density at radius 2 is 1.94 bits per heavy atom. The van der Waals surface area contributed by atoms with Gasteiger partial charge in [0.15, 0.2) is 0 Å². The molecule has 2 aromatic heterocycles. The molecule has 2 saturated heterocycles. The molecule has 2 aliphatic heterocycles. The average Bonchev–Trinajstić information content (AvgIpc) is 3.09. The molecule has 0 aliphatic carbocycles. The second kappa shape index (κ2) is 10.9. The number of carbonyl (C=O) groups excluding carboxylic acids is 1. The van der Waals surface area contributed by atoms with Crippen molar-refractivity contribution in [1.29, 1.82) is 0 Å². The van der Waals surface area contributed by atoms with Gasteiger partial charge in [0.05, 0.1) is 17.1 Å². The zero-order valence-electron chi connectivity index (χ0n) is 19.3. The van der Waals surface area contributed by atoms with Crippen molar-refractivity contribution in [2.75, 3.05) is 50.8 Å². The quantitative estimate of drug-likeness (QED) is 0.390. The highest BCUT2D eigenvalue weighted by Crippen LogP contribution is 2.33. The summed E-state index contributed by atoms with van der Waals surface area (Å²) >= 11 is 6.46. The number of thioether (sulfide) groups is 1. The first kappa shape index (κ1) is 25.3. The number of piperazine rings is 1. The Morgan fingerprint density at radius 3 is 2.63 bits per heavy atom. The number of carbonyl (C=O) groups is 2. The van der Waals surface area contributed by atoms with Gasteiger partial charge in [0, 0.05) is 51.9 Å². The maximum Gasteiger partial charge on any atom is 0.303 e. The van der Waals surface area contributed by atoms with Crippen molar-refractivity contribution in [2.24, 2.45) is 0 Å². The van der Waals surface area contributed by atoms with Crippen LogP contribution in [-0.4, -0.2) is 91.5 Å². The summed E-state index contributed by atoms with van der Waals surface area (Å²) in [6.45, 7) is 5.50. The van der Waals surface area contributed by atoms with Crippen LogP contribution in [0, 0.1) is 6.92 Å². The molecule has 186 valence electrons. The lowest BCUT2D eigenvalue weighted by atomic mass is 10.2. The molecule has 2 N–H and O–H groups in total. The summed E-state index contributed by atoms with van der Waals surface area (Å²) in [5.74, 6) is -0.753. The van der Waals surface area contributed by atoms with Crippen LogP contribution < -0.4 is 10.5 Å². The molecule has 0 aromatic carbocycles. The largest absolute Gasteiger partial charge is 0.481 e. The van der Waals surface area contributed by atoms with E-state index in [9.17, 15) is 19.5 Å². The van der Waals surface area contributed by atoms with Crippen LogP contribution in [0.25, 0.3) is 11.7 Å². The highest BCUT2D eigenvalue weighted by molar-refractivity contribution is 8.26. The van der Waals surface area contributed by atoms with Gasteiger partial charge in [-0.2, -0.15) is 0 Å². The fourth-order valence-corrected chi connectivity index (χ4v) is 5.44. The van der Waals surface area contributed by atoms with E-state index in [-0.39, 0.29) is 37.5 Å². The van der Waals surface area contributed by atoms with Crippen molar-refractivity contribution in [1.82, 2.24) is 19.2 Å². The SMILES string of the molecule is Cc1ccc2nc(N3CCN(CCO)CC3)c(/C=C3/SC(=S)N(CCCC(=O)O)C3=O)c(=O)n2c1. The molecular weight excluding hydrogens is 490 g/mol. The number of pyridine rings is 1. The first-order valence-corrected chi connectivity index (χ1v) is 12.6. The van der Waals surface area contributed by atoms with Crippen molar-refractivity contribution < 1.29 is 19.8 Å². The van der Waals surface area contributed by atoms with E-state index < -0.39 is 5.97 Å². The van der Waals surface area contributed by atoms with Crippen LogP contribution in [0.1, 0.15) is 24.0 Å². The molecule has 4 rings (SSSR count). The number of aryl methyl sites for hydroxylation is 1. The first-order valence-electron chi connectivity index (χ1n) is 11.4. The van der Waals surface area contributed by atoms with E-state index >= 15 is 0 Å². The zero-order valence-corrected chi connectivity index (χ0v) is 21.0. The van der Waals surface area contributed by atoms with Gasteiger partial charge in [-0.05, 0) is 31.1 Å². The van der Waals surface area contributed by atoms with E-state index in [1.165, 1.54) is 9.30 Å². The summed E-state index contributed by atoms with van der Waals surface area (Å²) in [5.41, 5.74) is 1.46. The van der Waals surface area contributed by atoms with E-state index in [1.807, 2.05) is 17.9 Å². The number of rotatable bonds is 8. The summed E-state index contributed by atoms with van der Waals surface area (Å²) in [4.78, 5) is 48.2. The minimum Gasteiger partial charge on any atom is -0.481 e. The number of fused-ring (bicyclic) bond motifs is 1. The second-order valence-corrected chi connectivity index (χ2v) is 10.1. The molecule has 2 aliphatic rings. The molecule has 2 fully saturated rings. The van der Waals surface area contributed by atoms with Crippen molar-refractivity contribution >= 4 is 57.7 Å². The molecule has 2 aromatic rings. The third-order valence-corrected chi connectivity index (χ3v) is 7.37. The van der Waals surface area contributed by atoms with E-state index in [0.717, 1.165) is 30.4 Å². The molecule has 12 heteroatoms. The van der Waals surface area contributed by atoms with E-state index in [4.69, 9.17) is 22.3 Å². The summed E-state index contributed by atoms with van der Waals surface area (Å²) < 4.78 is 1.83. The molecule has 0 spiro atoms. The van der Waals surface area contributed by atoms with Gasteiger partial charge in [-0.3, -0.25) is 28.6 Å². The van der Waals surface area contributed by atoms with Crippen LogP contribution >= 0.6 is 24.0 Å². The number of thiocarbonyl (C=S) groups is 1. The van der Waals surface area contributed by atoms with Gasteiger partial charge in [0.1, 0.15) is 15.8 Å². The Kier molecular flexibility index (Phi) is 7.85. The maximum atomic E-state index is 13.6. The lowest BCUT2D eigenvalue weighted by Crippen LogP contribution is -2.48. The van der Waals surface area contributed by atoms with Crippen molar-refractivity contribution in [3.8, 4) is 0 Å². The fourth-order valence-electron chi connectivity index (χ4n) is 4.15. The molecular formula is C23H27N5O5S2. The lowest BCUT2D eigenvalue weighted by Gasteiger charge is -2.35. The van der Waals surface area contributed by atoms with E-state index in [0.29, 0.717) is 45.9 Å². The normalized spacial score (nSPS) is 18.3. The molecule has 10 nitrogen and oxygen atoms in total. The van der Waals surface area contributed by atoms with E-state index in [2.05, 4.69) is 4.90 Å². The highest BCUT2D eigenvalue weighted by atomic mass is 32.2.